The molecule has 0 bridgehead atoms. The summed E-state index contributed by atoms with van der Waals surface area (Å²) in [5, 5.41) is 15.5. The average Bonchev–Trinajstić information content (AvgIpc) is 2.67. The molecule has 0 radical (unpaired) electrons. The van der Waals surface area contributed by atoms with Crippen molar-refractivity contribution in [3.05, 3.63) is 5.82 Å². The second-order valence-electron chi connectivity index (χ2n) is 4.62. The van der Waals surface area contributed by atoms with Crippen molar-refractivity contribution in [3.63, 3.8) is 0 Å². The summed E-state index contributed by atoms with van der Waals surface area (Å²) in [4.78, 5) is 0. The molecule has 2 rings (SSSR count). The smallest absolute Gasteiger partial charge is 0.165 e. The van der Waals surface area contributed by atoms with Crippen LogP contribution >= 0.6 is 0 Å². The molecule has 5 heteroatoms. The first-order valence-electron chi connectivity index (χ1n) is 6.31. The molecule has 1 aliphatic rings. The maximum atomic E-state index is 4.18. The molecule has 1 heterocycles. The van der Waals surface area contributed by atoms with Crippen LogP contribution in [0.2, 0.25) is 0 Å². The first kappa shape index (κ1) is 11.5. The highest BCUT2D eigenvalue weighted by molar-refractivity contribution is 4.97. The lowest BCUT2D eigenvalue weighted by Crippen LogP contribution is -2.42. The maximum Gasteiger partial charge on any atom is 0.165 e. The Balaban J connectivity index is 2.06. The molecule has 0 aromatic carbocycles. The Bertz CT molecular complexity index is 323. The summed E-state index contributed by atoms with van der Waals surface area (Å²) >= 11 is 0. The highest BCUT2D eigenvalue weighted by Crippen LogP contribution is 2.41. The van der Waals surface area contributed by atoms with E-state index >= 15 is 0 Å². The topological polar surface area (TPSA) is 55.6 Å². The summed E-state index contributed by atoms with van der Waals surface area (Å²) in [6.45, 7) is 6.19. The van der Waals surface area contributed by atoms with Crippen molar-refractivity contribution in [2.75, 3.05) is 6.54 Å². The molecular weight excluding hydrogens is 202 g/mol. The normalized spacial score (nSPS) is 18.4. The van der Waals surface area contributed by atoms with E-state index in [9.17, 15) is 0 Å². The van der Waals surface area contributed by atoms with E-state index in [0.29, 0.717) is 0 Å². The van der Waals surface area contributed by atoms with Crippen LogP contribution in [-0.2, 0) is 12.1 Å². The molecule has 5 nitrogen and oxygen atoms in total. The Labute approximate surface area is 96.6 Å². The molecule has 1 fully saturated rings. The predicted octanol–water partition coefficient (Wildman–Crippen LogP) is 1.46. The molecule has 16 heavy (non-hydrogen) atoms. The second kappa shape index (κ2) is 4.91. The monoisotopic (exact) mass is 223 g/mol. The van der Waals surface area contributed by atoms with Crippen LogP contribution in [0.3, 0.4) is 0 Å². The van der Waals surface area contributed by atoms with Crippen molar-refractivity contribution in [2.45, 2.75) is 58.0 Å². The highest BCUT2D eigenvalue weighted by Gasteiger charge is 2.39. The van der Waals surface area contributed by atoms with Gasteiger partial charge in [0.1, 0.15) is 0 Å². The summed E-state index contributed by atoms with van der Waals surface area (Å²) in [6, 6.07) is 0. The van der Waals surface area contributed by atoms with Gasteiger partial charge in [-0.1, -0.05) is 13.8 Å². The van der Waals surface area contributed by atoms with Crippen LogP contribution in [0.1, 0.15) is 51.8 Å². The van der Waals surface area contributed by atoms with Gasteiger partial charge in [-0.25, -0.2) is 4.68 Å². The third-order valence-electron chi connectivity index (χ3n) is 3.64. The van der Waals surface area contributed by atoms with Gasteiger partial charge in [-0.2, -0.15) is 0 Å². The summed E-state index contributed by atoms with van der Waals surface area (Å²) in [5.74, 6) is 0.981. The fourth-order valence-electron chi connectivity index (χ4n) is 2.36. The molecule has 90 valence electrons. The molecule has 0 amide bonds. The first-order valence-corrected chi connectivity index (χ1v) is 6.31. The number of rotatable bonds is 6. The van der Waals surface area contributed by atoms with E-state index in [1.807, 2.05) is 0 Å². The molecule has 1 saturated carbocycles. The Kier molecular flexibility index (Phi) is 3.53. The molecule has 0 unspecified atom stereocenters. The molecule has 0 aliphatic heterocycles. The van der Waals surface area contributed by atoms with Crippen LogP contribution in [-0.4, -0.2) is 26.8 Å². The zero-order valence-electron chi connectivity index (χ0n) is 10.2. The Hall–Kier alpha value is -0.970. The Morgan fingerprint density at radius 3 is 2.75 bits per heavy atom. The standard InChI is InChI=1S/C11H21N5/c1-3-8-12-9-10-13-14-15-16(10)11(4-2)6-5-7-11/h12H,3-9H2,1-2H3. The molecular formula is C11H21N5. The van der Waals surface area contributed by atoms with Crippen LogP contribution in [0.25, 0.3) is 0 Å². The van der Waals surface area contributed by atoms with Crippen LogP contribution in [0.15, 0.2) is 0 Å². The SMILES string of the molecule is CCCNCc1nnnn1C1(CC)CCC1. The summed E-state index contributed by atoms with van der Waals surface area (Å²) < 4.78 is 2.05. The molecule has 1 aromatic heterocycles. The minimum atomic E-state index is 0.215. The van der Waals surface area contributed by atoms with Crippen LogP contribution in [0.5, 0.6) is 0 Å². The number of nitrogens with zero attached hydrogens (tertiary/aromatic N) is 4. The van der Waals surface area contributed by atoms with Gasteiger partial charge < -0.3 is 5.32 Å². The van der Waals surface area contributed by atoms with E-state index in [1.54, 1.807) is 0 Å². The highest BCUT2D eigenvalue weighted by atomic mass is 15.6. The van der Waals surface area contributed by atoms with Crippen molar-refractivity contribution in [1.82, 2.24) is 25.5 Å². The number of nitrogens with one attached hydrogen (secondary N) is 1. The number of aromatic nitrogens is 4. The third-order valence-corrected chi connectivity index (χ3v) is 3.64. The van der Waals surface area contributed by atoms with Crippen molar-refractivity contribution in [3.8, 4) is 0 Å². The summed E-state index contributed by atoms with van der Waals surface area (Å²) in [7, 11) is 0. The molecule has 0 spiro atoms. The van der Waals surface area contributed by atoms with E-state index in [0.717, 1.165) is 31.8 Å². The molecule has 0 atom stereocenters. The minimum Gasteiger partial charge on any atom is -0.310 e. The quantitative estimate of drug-likeness (QED) is 0.742. The van der Waals surface area contributed by atoms with Gasteiger partial charge in [0.25, 0.3) is 0 Å². The zero-order valence-corrected chi connectivity index (χ0v) is 10.2. The van der Waals surface area contributed by atoms with Gasteiger partial charge in [-0.3, -0.25) is 0 Å². The van der Waals surface area contributed by atoms with Crippen LogP contribution in [0.4, 0.5) is 0 Å². The fourth-order valence-corrected chi connectivity index (χ4v) is 2.36. The molecule has 1 aromatic rings. The lowest BCUT2D eigenvalue weighted by molar-refractivity contribution is 0.111. The van der Waals surface area contributed by atoms with Gasteiger partial charge in [-0.15, -0.1) is 5.10 Å². The molecule has 1 N–H and O–H groups in total. The van der Waals surface area contributed by atoms with Gasteiger partial charge in [0.15, 0.2) is 5.82 Å². The van der Waals surface area contributed by atoms with E-state index in [4.69, 9.17) is 0 Å². The average molecular weight is 223 g/mol. The Morgan fingerprint density at radius 1 is 1.38 bits per heavy atom. The van der Waals surface area contributed by atoms with E-state index < -0.39 is 0 Å². The van der Waals surface area contributed by atoms with E-state index in [2.05, 4.69) is 39.4 Å². The van der Waals surface area contributed by atoms with E-state index in [1.165, 1.54) is 19.3 Å². The van der Waals surface area contributed by atoms with Crippen molar-refractivity contribution < 1.29 is 0 Å². The maximum absolute atomic E-state index is 4.18. The summed E-state index contributed by atoms with van der Waals surface area (Å²) in [6.07, 6.45) is 6.00. The van der Waals surface area contributed by atoms with Crippen molar-refractivity contribution >= 4 is 0 Å². The predicted molar refractivity (Wildman–Crippen MR) is 61.9 cm³/mol. The van der Waals surface area contributed by atoms with Gasteiger partial charge in [0.2, 0.25) is 0 Å². The van der Waals surface area contributed by atoms with Gasteiger partial charge >= 0.3 is 0 Å². The zero-order chi connectivity index (χ0) is 11.4. The van der Waals surface area contributed by atoms with Crippen LogP contribution < -0.4 is 5.32 Å². The van der Waals surface area contributed by atoms with Crippen molar-refractivity contribution in [1.29, 1.82) is 0 Å². The molecule has 1 aliphatic carbocycles. The summed E-state index contributed by atoms with van der Waals surface area (Å²) in [5.41, 5.74) is 0.215. The second-order valence-corrected chi connectivity index (χ2v) is 4.62. The van der Waals surface area contributed by atoms with Crippen LogP contribution in [0, 0.1) is 0 Å². The van der Waals surface area contributed by atoms with E-state index in [-0.39, 0.29) is 5.54 Å². The molecule has 0 saturated heterocycles. The largest absolute Gasteiger partial charge is 0.310 e. The van der Waals surface area contributed by atoms with Gasteiger partial charge in [0.05, 0.1) is 12.1 Å². The Morgan fingerprint density at radius 2 is 2.19 bits per heavy atom. The van der Waals surface area contributed by atoms with Gasteiger partial charge in [0, 0.05) is 0 Å². The van der Waals surface area contributed by atoms with Gasteiger partial charge in [-0.05, 0) is 49.1 Å². The lowest BCUT2D eigenvalue weighted by atomic mass is 9.75. The third kappa shape index (κ3) is 1.96. The fraction of sp³-hybridized carbons (Fsp3) is 0.909. The van der Waals surface area contributed by atoms with Crippen molar-refractivity contribution in [2.24, 2.45) is 0 Å². The first-order chi connectivity index (χ1) is 7.82. The number of tetrazole rings is 1. The number of hydrogen-bond donors (Lipinski definition) is 1. The lowest BCUT2D eigenvalue weighted by Gasteiger charge is -2.41. The number of hydrogen-bond acceptors (Lipinski definition) is 4. The minimum absolute atomic E-state index is 0.215.